The Bertz CT molecular complexity index is 2290. The summed E-state index contributed by atoms with van der Waals surface area (Å²) >= 11 is 2.78. The van der Waals surface area contributed by atoms with Crippen LogP contribution in [0.4, 0.5) is 0 Å². The molecular formula is C44H72N14O14S2. The summed E-state index contributed by atoms with van der Waals surface area (Å²) in [6.07, 6.45) is -14.6. The van der Waals surface area contributed by atoms with Crippen LogP contribution in [-0.2, 0) is 52.6 Å². The van der Waals surface area contributed by atoms with E-state index in [1.54, 1.807) is 18.5 Å². The Balaban J connectivity index is 0.946. The van der Waals surface area contributed by atoms with E-state index in [1.165, 1.54) is 27.4 Å². The van der Waals surface area contributed by atoms with Gasteiger partial charge in [-0.05, 0) is 25.2 Å². The minimum absolute atomic E-state index is 0.0380. The molecule has 1 saturated carbocycles. The van der Waals surface area contributed by atoms with Crippen LogP contribution in [0.1, 0.15) is 66.6 Å². The number of aliphatic hydroxyl groups is 6. The lowest BCUT2D eigenvalue weighted by Gasteiger charge is -2.47. The third kappa shape index (κ3) is 14.2. The fourth-order valence-electron chi connectivity index (χ4n) is 9.26. The van der Waals surface area contributed by atoms with Crippen molar-refractivity contribution in [2.75, 3.05) is 26.2 Å². The summed E-state index contributed by atoms with van der Waals surface area (Å²) in [5.41, 5.74) is 42.9. The van der Waals surface area contributed by atoms with Crippen molar-refractivity contribution in [2.24, 2.45) is 51.0 Å². The number of aliphatic hydroxyl groups excluding tert-OH is 6. The second-order valence-corrected chi connectivity index (χ2v) is 20.9. The lowest BCUT2D eigenvalue weighted by atomic mass is 9.80. The topological polar surface area (TPSA) is 474 Å². The molecule has 19 atom stereocenters. The average Bonchev–Trinajstić information content (AvgIpc) is 4.21. The second-order valence-electron chi connectivity index (χ2n) is 19.1. The molecule has 3 aromatic heterocycles. The van der Waals surface area contributed by atoms with Crippen molar-refractivity contribution < 1.29 is 68.6 Å². The number of aryl methyl sites for hydroxylation is 1. The van der Waals surface area contributed by atoms with Crippen LogP contribution < -0.4 is 45.5 Å². The predicted molar refractivity (Wildman–Crippen MR) is 264 cm³/mol. The number of nitrogens with one attached hydrogen (secondary N) is 1. The van der Waals surface area contributed by atoms with E-state index in [0.29, 0.717) is 54.4 Å². The van der Waals surface area contributed by atoms with Gasteiger partial charge in [-0.3, -0.25) is 14.6 Å². The van der Waals surface area contributed by atoms with Crippen molar-refractivity contribution in [1.29, 1.82) is 0 Å². The number of hydrogen-bond acceptors (Lipinski definition) is 26. The summed E-state index contributed by atoms with van der Waals surface area (Å²) in [6.45, 7) is 2.12. The minimum atomic E-state index is -1.63. The second kappa shape index (κ2) is 26.5. The summed E-state index contributed by atoms with van der Waals surface area (Å²) in [7, 11) is 0. The molecule has 6 heterocycles. The number of nitrogens with two attached hydrogens (primary N) is 7. The Hall–Kier alpha value is -3.87. The Morgan fingerprint density at radius 3 is 2.08 bits per heavy atom. The molecule has 74 heavy (non-hydrogen) atoms. The number of Topliss-reactive ketones (excluding diaryl/α,β-unsaturated/α-hetero) is 1. The first-order valence-corrected chi connectivity index (χ1v) is 26.5. The first-order valence-electron chi connectivity index (χ1n) is 24.7. The molecule has 3 aliphatic heterocycles. The zero-order chi connectivity index (χ0) is 53.4. The molecule has 3 saturated heterocycles. The Morgan fingerprint density at radius 2 is 1.42 bits per heavy atom. The number of aliphatic imine (C=N–C) groups is 1. The van der Waals surface area contributed by atoms with Gasteiger partial charge < -0.3 is 105 Å². The quantitative estimate of drug-likeness (QED) is 0.0172. The van der Waals surface area contributed by atoms with Crippen LogP contribution >= 0.6 is 22.7 Å². The number of unbranched alkanes of at least 4 members (excludes halogenated alkanes) is 2. The standard InChI is InChI=1S/C44H72N14O14S2/c1-18-11-20(47)37(70-41-29(48)34(64)32(62)24(12-45)67-41)39(31(18)61)72-43-36(66)38(71-42-30(49)35(65)33(63)25(13-46)68-42)26(69-43)15-58-14-19(56-57-58)6-7-27(60)52-10-8-28-54-22(17-73-28)40-55-21(16-74-40)23(59)5-3-2-4-9-53-44(50)51/h14,16-18,20,24-26,29-39,41-43,61-66H,2-13,15,45-49H2,1H3,(H,52,60)(H4,50,51,53). The molecule has 414 valence electrons. The molecule has 3 aromatic rings. The van der Waals surface area contributed by atoms with E-state index in [9.17, 15) is 40.2 Å². The van der Waals surface area contributed by atoms with Gasteiger partial charge in [0.25, 0.3) is 0 Å². The summed E-state index contributed by atoms with van der Waals surface area (Å²) in [5.74, 6) is -0.651. The average molecular weight is 1090 g/mol. The number of nitrogens with zero attached hydrogens (tertiary/aromatic N) is 6. The first kappa shape index (κ1) is 57.8. The van der Waals surface area contributed by atoms with Gasteiger partial charge in [0.1, 0.15) is 83.5 Å². The molecule has 19 unspecified atom stereocenters. The van der Waals surface area contributed by atoms with Crippen molar-refractivity contribution in [2.45, 2.75) is 175 Å². The van der Waals surface area contributed by atoms with Crippen molar-refractivity contribution in [1.82, 2.24) is 30.3 Å². The highest BCUT2D eigenvalue weighted by atomic mass is 32.1. The SMILES string of the molecule is CC1CC(N)C(OC2OC(CN)C(O)C(O)C2N)C(OC2OC(Cn3cc(CCC(=O)NCCc4nc(-c5nc(C(=O)CCCCCN=C(N)N)cs5)cs4)nn3)C(OC3OC(CN)C(O)C(O)C3N)C2O)C1O. The van der Waals surface area contributed by atoms with Gasteiger partial charge in [-0.25, -0.2) is 14.6 Å². The number of amides is 1. The summed E-state index contributed by atoms with van der Waals surface area (Å²) in [6, 6.07) is -3.32. The number of guanidine groups is 1. The van der Waals surface area contributed by atoms with Crippen LogP contribution in [0.25, 0.3) is 10.7 Å². The number of hydrogen-bond donors (Lipinski definition) is 14. The highest BCUT2D eigenvalue weighted by Gasteiger charge is 2.54. The molecule has 1 amide bonds. The molecule has 4 fully saturated rings. The summed E-state index contributed by atoms with van der Waals surface area (Å²) in [5, 5.41) is 82.2. The molecular weight excluding hydrogens is 1010 g/mol. The molecule has 30 heteroatoms. The molecule has 0 spiro atoms. The smallest absolute Gasteiger partial charge is 0.220 e. The number of ketones is 1. The van der Waals surface area contributed by atoms with E-state index in [0.717, 1.165) is 17.8 Å². The van der Waals surface area contributed by atoms with Crippen LogP contribution in [0.2, 0.25) is 0 Å². The van der Waals surface area contributed by atoms with E-state index in [2.05, 4.69) is 30.6 Å². The van der Waals surface area contributed by atoms with Crippen molar-refractivity contribution in [3.63, 3.8) is 0 Å². The van der Waals surface area contributed by atoms with Crippen LogP contribution in [0.15, 0.2) is 21.9 Å². The normalized spacial score (nSPS) is 35.4. The van der Waals surface area contributed by atoms with Crippen molar-refractivity contribution in [3.8, 4) is 10.7 Å². The van der Waals surface area contributed by atoms with E-state index in [1.807, 2.05) is 5.38 Å². The van der Waals surface area contributed by atoms with Crippen LogP contribution in [-0.4, -0.2) is 210 Å². The Morgan fingerprint density at radius 1 is 0.770 bits per heavy atom. The number of aromatic nitrogens is 5. The van der Waals surface area contributed by atoms with Gasteiger partial charge in [0.05, 0.1) is 35.4 Å². The van der Waals surface area contributed by atoms with Crippen LogP contribution in [0.3, 0.4) is 0 Å². The molecule has 1 aliphatic carbocycles. The predicted octanol–water partition coefficient (Wildman–Crippen LogP) is -5.40. The molecule has 0 aromatic carbocycles. The first-order chi connectivity index (χ1) is 35.4. The van der Waals surface area contributed by atoms with Gasteiger partial charge in [0.15, 0.2) is 30.6 Å². The van der Waals surface area contributed by atoms with E-state index in [-0.39, 0.29) is 56.5 Å². The van der Waals surface area contributed by atoms with Gasteiger partial charge in [-0.15, -0.1) is 27.8 Å². The van der Waals surface area contributed by atoms with Crippen molar-refractivity contribution >= 4 is 40.3 Å². The maximum Gasteiger partial charge on any atom is 0.220 e. The number of carbonyl (C=O) groups excluding carboxylic acids is 2. The number of ether oxygens (including phenoxy) is 6. The van der Waals surface area contributed by atoms with E-state index >= 15 is 0 Å². The third-order valence-corrected chi connectivity index (χ3v) is 15.3. The van der Waals surface area contributed by atoms with E-state index in [4.69, 9.17) is 68.6 Å². The summed E-state index contributed by atoms with van der Waals surface area (Å²) in [4.78, 5) is 38.7. The van der Waals surface area contributed by atoms with E-state index < -0.39 is 116 Å². The Labute approximate surface area is 434 Å². The van der Waals surface area contributed by atoms with Gasteiger partial charge in [-0.2, -0.15) is 0 Å². The zero-order valence-electron chi connectivity index (χ0n) is 40.9. The highest BCUT2D eigenvalue weighted by Crippen LogP contribution is 2.37. The molecule has 0 radical (unpaired) electrons. The maximum absolute atomic E-state index is 12.9. The zero-order valence-corrected chi connectivity index (χ0v) is 42.5. The minimum Gasteiger partial charge on any atom is -0.390 e. The van der Waals surface area contributed by atoms with Gasteiger partial charge in [0.2, 0.25) is 5.91 Å². The highest BCUT2D eigenvalue weighted by molar-refractivity contribution is 7.14. The molecule has 28 nitrogen and oxygen atoms in total. The fourth-order valence-corrected chi connectivity index (χ4v) is 10.9. The monoisotopic (exact) mass is 1080 g/mol. The summed E-state index contributed by atoms with van der Waals surface area (Å²) < 4.78 is 38.2. The van der Waals surface area contributed by atoms with Gasteiger partial charge in [-0.1, -0.05) is 18.6 Å². The fraction of sp³-hybridized carbons (Fsp3) is 0.750. The lowest BCUT2D eigenvalue weighted by Crippen LogP contribution is -2.66. The van der Waals surface area contributed by atoms with Crippen molar-refractivity contribution in [3.05, 3.63) is 33.4 Å². The van der Waals surface area contributed by atoms with Gasteiger partial charge in [0, 0.05) is 74.9 Å². The number of thiazole rings is 2. The molecule has 4 aliphatic rings. The largest absolute Gasteiger partial charge is 0.390 e. The molecule has 7 rings (SSSR count). The lowest BCUT2D eigenvalue weighted by molar-refractivity contribution is -0.309. The Kier molecular flexibility index (Phi) is 20.7. The maximum atomic E-state index is 12.9. The third-order valence-electron chi connectivity index (χ3n) is 13.6. The number of carbonyl (C=O) groups is 2. The van der Waals surface area contributed by atoms with Crippen LogP contribution in [0, 0.1) is 5.92 Å². The van der Waals surface area contributed by atoms with Crippen LogP contribution in [0.5, 0.6) is 0 Å². The number of rotatable bonds is 24. The molecule has 21 N–H and O–H groups in total. The molecule has 0 bridgehead atoms. The van der Waals surface area contributed by atoms with Gasteiger partial charge >= 0.3 is 0 Å².